The molecule has 37 heavy (non-hydrogen) atoms. The van der Waals surface area contributed by atoms with Gasteiger partial charge in [0.1, 0.15) is 17.1 Å². The molecule has 2 aromatic carbocycles. The third kappa shape index (κ3) is 3.66. The fraction of sp³-hybridized carbons (Fsp3) is 0.111. The van der Waals surface area contributed by atoms with Crippen LogP contribution in [0.4, 0.5) is 5.13 Å². The monoisotopic (exact) mass is 530 g/mol. The lowest BCUT2D eigenvalue weighted by Crippen LogP contribution is -2.29. The summed E-state index contributed by atoms with van der Waals surface area (Å²) in [6, 6.07) is 16.8. The van der Waals surface area contributed by atoms with E-state index in [9.17, 15) is 14.7 Å². The van der Waals surface area contributed by atoms with Crippen LogP contribution >= 0.6 is 22.9 Å². The van der Waals surface area contributed by atoms with Gasteiger partial charge in [-0.3, -0.25) is 18.9 Å². The zero-order valence-corrected chi connectivity index (χ0v) is 21.2. The number of aromatic nitrogens is 3. The molecule has 184 valence electrons. The number of fused-ring (bicyclic) bond motifs is 2. The first-order valence-electron chi connectivity index (χ1n) is 11.3. The van der Waals surface area contributed by atoms with Crippen LogP contribution in [-0.2, 0) is 9.59 Å². The van der Waals surface area contributed by atoms with E-state index in [0.717, 1.165) is 4.70 Å². The molecule has 1 unspecified atom stereocenters. The molecule has 0 aliphatic carbocycles. The van der Waals surface area contributed by atoms with E-state index in [1.165, 1.54) is 16.2 Å². The van der Waals surface area contributed by atoms with E-state index in [1.54, 1.807) is 73.2 Å². The Morgan fingerprint density at radius 1 is 1.08 bits per heavy atom. The van der Waals surface area contributed by atoms with Crippen LogP contribution < -0.4 is 9.64 Å². The number of aryl methyl sites for hydroxylation is 1. The van der Waals surface area contributed by atoms with E-state index < -0.39 is 17.7 Å². The maximum atomic E-state index is 13.5. The highest BCUT2D eigenvalue weighted by Gasteiger charge is 2.48. The number of aliphatic hydroxyl groups excluding tert-OH is 1. The van der Waals surface area contributed by atoms with E-state index in [2.05, 4.69) is 9.97 Å². The first-order valence-corrected chi connectivity index (χ1v) is 12.5. The number of halogens is 1. The molecule has 0 spiro atoms. The van der Waals surface area contributed by atoms with Crippen molar-refractivity contribution in [3.8, 4) is 5.75 Å². The highest BCUT2D eigenvalue weighted by Crippen LogP contribution is 2.45. The number of rotatable bonds is 4. The Morgan fingerprint density at radius 3 is 2.70 bits per heavy atom. The van der Waals surface area contributed by atoms with Crippen LogP contribution in [0.2, 0.25) is 5.02 Å². The first kappa shape index (κ1) is 23.2. The van der Waals surface area contributed by atoms with Gasteiger partial charge in [-0.05, 0) is 55.0 Å². The Kier molecular flexibility index (Phi) is 5.47. The Morgan fingerprint density at radius 2 is 1.92 bits per heavy atom. The second-order valence-electron chi connectivity index (χ2n) is 8.53. The molecule has 1 aliphatic heterocycles. The summed E-state index contributed by atoms with van der Waals surface area (Å²) < 4.78 is 7.80. The van der Waals surface area contributed by atoms with Crippen molar-refractivity contribution in [3.63, 3.8) is 0 Å². The van der Waals surface area contributed by atoms with Crippen molar-refractivity contribution in [2.24, 2.45) is 0 Å². The molecule has 1 fully saturated rings. The topological polar surface area (TPSA) is 97.0 Å². The van der Waals surface area contributed by atoms with Gasteiger partial charge in [0.15, 0.2) is 10.9 Å². The molecule has 1 atom stereocenters. The van der Waals surface area contributed by atoms with Crippen LogP contribution in [0.1, 0.15) is 23.0 Å². The van der Waals surface area contributed by atoms with E-state index >= 15 is 0 Å². The van der Waals surface area contributed by atoms with Crippen molar-refractivity contribution in [1.29, 1.82) is 0 Å². The number of Topliss-reactive ketones (excluding diaryl/α,β-unsaturated/α-hetero) is 1. The van der Waals surface area contributed by atoms with E-state index in [4.69, 9.17) is 16.3 Å². The van der Waals surface area contributed by atoms with Crippen LogP contribution in [0.25, 0.3) is 21.6 Å². The Bertz CT molecular complexity index is 1770. The molecule has 4 heterocycles. The fourth-order valence-electron chi connectivity index (χ4n) is 4.67. The van der Waals surface area contributed by atoms with Crippen molar-refractivity contribution in [2.45, 2.75) is 13.0 Å². The number of imidazole rings is 1. The van der Waals surface area contributed by atoms with E-state index in [1.807, 2.05) is 12.1 Å². The number of amides is 1. The molecule has 8 nitrogen and oxygen atoms in total. The van der Waals surface area contributed by atoms with Gasteiger partial charge in [-0.15, -0.1) is 0 Å². The third-order valence-corrected chi connectivity index (χ3v) is 7.58. The number of pyridine rings is 1. The zero-order valence-electron chi connectivity index (χ0n) is 19.7. The molecule has 1 aliphatic rings. The van der Waals surface area contributed by atoms with Crippen LogP contribution in [-0.4, -0.2) is 38.3 Å². The number of thiazole rings is 1. The highest BCUT2D eigenvalue weighted by atomic mass is 35.5. The molecule has 10 heteroatoms. The molecule has 0 radical (unpaired) electrons. The van der Waals surface area contributed by atoms with Gasteiger partial charge in [0, 0.05) is 11.2 Å². The van der Waals surface area contributed by atoms with Gasteiger partial charge in [0.05, 0.1) is 34.6 Å². The molecule has 0 saturated carbocycles. The third-order valence-electron chi connectivity index (χ3n) is 6.33. The van der Waals surface area contributed by atoms with Crippen molar-refractivity contribution in [1.82, 2.24) is 14.4 Å². The number of hydrogen-bond donors (Lipinski definition) is 1. The lowest BCUT2D eigenvalue weighted by molar-refractivity contribution is -0.132. The number of ketones is 1. The quantitative estimate of drug-likeness (QED) is 0.186. The van der Waals surface area contributed by atoms with Crippen LogP contribution in [0.5, 0.6) is 5.75 Å². The summed E-state index contributed by atoms with van der Waals surface area (Å²) in [7, 11) is 1.57. The standard InChI is InChI=1S/C27H19ClN4O4S/c1-14-22(31-11-4-3-8-20(31)29-14)24(33)21-23(15-6-5-7-16(28)12-15)32(26(35)25(21)34)27-30-18-10-9-17(36-2)13-19(18)37-27/h3-13,23,33H,1-2H3. The summed E-state index contributed by atoms with van der Waals surface area (Å²) in [5.74, 6) is -1.27. The first-order chi connectivity index (χ1) is 17.9. The Hall–Kier alpha value is -4.21. The van der Waals surface area contributed by atoms with Crippen LogP contribution in [0, 0.1) is 6.92 Å². The lowest BCUT2D eigenvalue weighted by Gasteiger charge is -2.23. The van der Waals surface area contributed by atoms with E-state index in [-0.39, 0.29) is 11.3 Å². The molecular weight excluding hydrogens is 512 g/mol. The largest absolute Gasteiger partial charge is 0.505 e. The Labute approximate surface area is 220 Å². The van der Waals surface area contributed by atoms with Gasteiger partial charge in [-0.2, -0.15) is 0 Å². The SMILES string of the molecule is COc1ccc2nc(N3C(=O)C(=O)C(=C(O)c4c(C)nc5ccccn45)C3c3cccc(Cl)c3)sc2c1. The number of nitrogens with zero attached hydrogens (tertiary/aromatic N) is 4. The normalized spacial score (nSPS) is 17.3. The minimum Gasteiger partial charge on any atom is -0.505 e. The number of carbonyl (C=O) groups excluding carboxylic acids is 2. The minimum atomic E-state index is -0.949. The van der Waals surface area contributed by atoms with Crippen molar-refractivity contribution >= 4 is 61.4 Å². The highest BCUT2D eigenvalue weighted by molar-refractivity contribution is 7.22. The summed E-state index contributed by atoms with van der Waals surface area (Å²) in [5, 5.41) is 12.4. The molecule has 3 aromatic heterocycles. The average Bonchev–Trinajstić information content (AvgIpc) is 3.54. The number of methoxy groups -OCH3 is 1. The second kappa shape index (κ2) is 8.72. The summed E-state index contributed by atoms with van der Waals surface area (Å²) in [4.78, 5) is 37.5. The number of anilines is 1. The van der Waals surface area contributed by atoms with Crippen molar-refractivity contribution in [3.05, 3.63) is 94.4 Å². The summed E-state index contributed by atoms with van der Waals surface area (Å²) in [6.45, 7) is 1.74. The predicted molar refractivity (Wildman–Crippen MR) is 142 cm³/mol. The lowest BCUT2D eigenvalue weighted by atomic mass is 9.96. The van der Waals surface area contributed by atoms with Gasteiger partial charge in [0.2, 0.25) is 0 Å². The summed E-state index contributed by atoms with van der Waals surface area (Å²) in [5.41, 5.74) is 2.64. The zero-order chi connectivity index (χ0) is 25.8. The number of benzene rings is 2. The van der Waals surface area contributed by atoms with Crippen molar-refractivity contribution in [2.75, 3.05) is 12.0 Å². The molecule has 1 N–H and O–H groups in total. The minimum absolute atomic E-state index is 0.0575. The van der Waals surface area contributed by atoms with Gasteiger partial charge in [-0.1, -0.05) is 41.1 Å². The van der Waals surface area contributed by atoms with Gasteiger partial charge in [-0.25, -0.2) is 9.97 Å². The molecular formula is C27H19ClN4O4S. The maximum Gasteiger partial charge on any atom is 0.301 e. The molecule has 6 rings (SSSR count). The van der Waals surface area contributed by atoms with Gasteiger partial charge >= 0.3 is 5.91 Å². The smallest absolute Gasteiger partial charge is 0.301 e. The summed E-state index contributed by atoms with van der Waals surface area (Å²) in [6.07, 6.45) is 1.75. The van der Waals surface area contributed by atoms with Crippen LogP contribution in [0.15, 0.2) is 72.4 Å². The maximum absolute atomic E-state index is 13.5. The fourth-order valence-corrected chi connectivity index (χ4v) is 5.89. The van der Waals surface area contributed by atoms with Crippen molar-refractivity contribution < 1.29 is 19.4 Å². The number of aliphatic hydroxyl groups is 1. The molecule has 0 bridgehead atoms. The van der Waals surface area contributed by atoms with Gasteiger partial charge < -0.3 is 9.84 Å². The van der Waals surface area contributed by atoms with E-state index in [0.29, 0.717) is 44.0 Å². The van der Waals surface area contributed by atoms with Crippen LogP contribution in [0.3, 0.4) is 0 Å². The Balaban J connectivity index is 1.60. The molecule has 1 amide bonds. The van der Waals surface area contributed by atoms with Gasteiger partial charge in [0.25, 0.3) is 5.78 Å². The average molecular weight is 531 g/mol. The predicted octanol–water partition coefficient (Wildman–Crippen LogP) is 5.54. The number of carbonyl (C=O) groups is 2. The second-order valence-corrected chi connectivity index (χ2v) is 9.97. The molecule has 1 saturated heterocycles. The molecule has 5 aromatic rings. The number of ether oxygens (including phenoxy) is 1. The number of hydrogen-bond acceptors (Lipinski definition) is 7. The summed E-state index contributed by atoms with van der Waals surface area (Å²) >= 11 is 7.57.